The molecule has 2 aliphatic rings. The number of carbonyl (C=O) groups excluding carboxylic acids is 1. The summed E-state index contributed by atoms with van der Waals surface area (Å²) in [6, 6.07) is 6.34. The summed E-state index contributed by atoms with van der Waals surface area (Å²) in [6.07, 6.45) is 2.34. The average molecular weight is 337 g/mol. The van der Waals surface area contributed by atoms with Crippen LogP contribution in [0.5, 0.6) is 0 Å². The molecule has 0 radical (unpaired) electrons. The van der Waals surface area contributed by atoms with Crippen LogP contribution in [0.2, 0.25) is 5.02 Å². The Balaban J connectivity index is 1.69. The maximum atomic E-state index is 12.8. The van der Waals surface area contributed by atoms with Gasteiger partial charge in [-0.1, -0.05) is 24.9 Å². The largest absolute Gasteiger partial charge is 0.378 e. The van der Waals surface area contributed by atoms with Gasteiger partial charge in [0.2, 0.25) is 0 Å². The van der Waals surface area contributed by atoms with Crippen molar-refractivity contribution >= 4 is 17.5 Å². The molecular weight excluding hydrogens is 312 g/mol. The molecule has 2 fully saturated rings. The highest BCUT2D eigenvalue weighted by Crippen LogP contribution is 2.23. The van der Waals surface area contributed by atoms with Crippen LogP contribution in [0.4, 0.5) is 0 Å². The third kappa shape index (κ3) is 3.54. The number of morpholine rings is 1. The fraction of sp³-hybridized carbons (Fsp3) is 0.611. The van der Waals surface area contributed by atoms with Crippen molar-refractivity contribution in [2.45, 2.75) is 38.8 Å². The molecular formula is C18H25ClN2O2. The molecule has 0 unspecified atom stereocenters. The van der Waals surface area contributed by atoms with E-state index in [-0.39, 0.29) is 5.91 Å². The molecule has 126 valence electrons. The summed E-state index contributed by atoms with van der Waals surface area (Å²) in [4.78, 5) is 17.3. The number of carbonyl (C=O) groups is 1. The van der Waals surface area contributed by atoms with Crippen LogP contribution in [-0.4, -0.2) is 60.6 Å². The molecule has 5 heteroatoms. The van der Waals surface area contributed by atoms with Crippen molar-refractivity contribution in [1.82, 2.24) is 9.80 Å². The van der Waals surface area contributed by atoms with Crippen molar-refractivity contribution in [3.8, 4) is 0 Å². The number of nitrogens with zero attached hydrogens (tertiary/aromatic N) is 2. The van der Waals surface area contributed by atoms with E-state index in [1.54, 1.807) is 6.07 Å². The van der Waals surface area contributed by atoms with Crippen LogP contribution in [0.15, 0.2) is 18.2 Å². The molecule has 23 heavy (non-hydrogen) atoms. The SMILES string of the molecule is CCC[C@H]1COC[C@H]2CN(C(=O)c3ccc(Cl)c(C)c3)CCN12. The Morgan fingerprint density at radius 2 is 2.17 bits per heavy atom. The first-order valence-electron chi connectivity index (χ1n) is 8.49. The summed E-state index contributed by atoms with van der Waals surface area (Å²) in [7, 11) is 0. The van der Waals surface area contributed by atoms with Crippen molar-refractivity contribution in [3.63, 3.8) is 0 Å². The zero-order chi connectivity index (χ0) is 16.4. The van der Waals surface area contributed by atoms with Gasteiger partial charge in [-0.15, -0.1) is 0 Å². The molecule has 2 saturated heterocycles. The minimum absolute atomic E-state index is 0.0991. The van der Waals surface area contributed by atoms with Crippen molar-refractivity contribution in [2.75, 3.05) is 32.8 Å². The number of fused-ring (bicyclic) bond motifs is 1. The van der Waals surface area contributed by atoms with Gasteiger partial charge in [0.05, 0.1) is 19.3 Å². The van der Waals surface area contributed by atoms with Crippen LogP contribution >= 0.6 is 11.6 Å². The van der Waals surface area contributed by atoms with Gasteiger partial charge in [-0.25, -0.2) is 0 Å². The molecule has 0 bridgehead atoms. The topological polar surface area (TPSA) is 32.8 Å². The third-order valence-corrected chi connectivity index (χ3v) is 5.36. The molecule has 0 N–H and O–H groups in total. The maximum Gasteiger partial charge on any atom is 0.253 e. The van der Waals surface area contributed by atoms with Crippen LogP contribution in [0.1, 0.15) is 35.7 Å². The van der Waals surface area contributed by atoms with E-state index in [4.69, 9.17) is 16.3 Å². The first-order chi connectivity index (χ1) is 11.1. The predicted octanol–water partition coefficient (Wildman–Crippen LogP) is 2.97. The van der Waals surface area contributed by atoms with E-state index in [2.05, 4.69) is 11.8 Å². The second-order valence-corrected chi connectivity index (χ2v) is 6.99. The number of hydrogen-bond acceptors (Lipinski definition) is 3. The fourth-order valence-corrected chi connectivity index (χ4v) is 3.78. The lowest BCUT2D eigenvalue weighted by molar-refractivity contribution is -0.0776. The number of ether oxygens (including phenoxy) is 1. The van der Waals surface area contributed by atoms with Gasteiger partial charge >= 0.3 is 0 Å². The summed E-state index contributed by atoms with van der Waals surface area (Å²) in [6.45, 7) is 8.18. The number of hydrogen-bond donors (Lipinski definition) is 0. The Kier molecular flexibility index (Phi) is 5.24. The lowest BCUT2D eigenvalue weighted by atomic mass is 10.0. The number of aryl methyl sites for hydroxylation is 1. The molecule has 0 aliphatic carbocycles. The van der Waals surface area contributed by atoms with Gasteiger partial charge < -0.3 is 9.64 Å². The molecule has 4 nitrogen and oxygen atoms in total. The van der Waals surface area contributed by atoms with E-state index in [1.807, 2.05) is 24.0 Å². The molecule has 1 amide bonds. The van der Waals surface area contributed by atoms with Gasteiger partial charge in [0, 0.05) is 36.3 Å². The Hall–Kier alpha value is -1.10. The van der Waals surface area contributed by atoms with Gasteiger partial charge in [0.1, 0.15) is 0 Å². The molecule has 3 rings (SSSR count). The minimum atomic E-state index is 0.0991. The van der Waals surface area contributed by atoms with Gasteiger partial charge in [0.25, 0.3) is 5.91 Å². The number of piperazine rings is 1. The zero-order valence-corrected chi connectivity index (χ0v) is 14.7. The minimum Gasteiger partial charge on any atom is -0.378 e. The van der Waals surface area contributed by atoms with Gasteiger partial charge in [0.15, 0.2) is 0 Å². The van der Waals surface area contributed by atoms with E-state index in [1.165, 1.54) is 12.8 Å². The Morgan fingerprint density at radius 3 is 2.91 bits per heavy atom. The second-order valence-electron chi connectivity index (χ2n) is 6.59. The van der Waals surface area contributed by atoms with Crippen molar-refractivity contribution < 1.29 is 9.53 Å². The predicted molar refractivity (Wildman–Crippen MR) is 92.1 cm³/mol. The van der Waals surface area contributed by atoms with Crippen LogP contribution in [0, 0.1) is 6.92 Å². The van der Waals surface area contributed by atoms with Crippen LogP contribution in [-0.2, 0) is 4.74 Å². The van der Waals surface area contributed by atoms with Crippen LogP contribution in [0.25, 0.3) is 0 Å². The summed E-state index contributed by atoms with van der Waals surface area (Å²) in [5.74, 6) is 0.0991. The summed E-state index contributed by atoms with van der Waals surface area (Å²) >= 11 is 6.06. The fourth-order valence-electron chi connectivity index (χ4n) is 3.66. The first-order valence-corrected chi connectivity index (χ1v) is 8.87. The average Bonchev–Trinajstić information content (AvgIpc) is 2.57. The van der Waals surface area contributed by atoms with E-state index in [0.717, 1.165) is 44.0 Å². The van der Waals surface area contributed by atoms with Crippen LogP contribution < -0.4 is 0 Å². The van der Waals surface area contributed by atoms with E-state index < -0.39 is 0 Å². The van der Waals surface area contributed by atoms with E-state index in [0.29, 0.717) is 17.1 Å². The van der Waals surface area contributed by atoms with Crippen molar-refractivity contribution in [2.24, 2.45) is 0 Å². The quantitative estimate of drug-likeness (QED) is 0.850. The molecule has 0 saturated carbocycles. The van der Waals surface area contributed by atoms with Crippen LogP contribution in [0.3, 0.4) is 0 Å². The monoisotopic (exact) mass is 336 g/mol. The summed E-state index contributed by atoms with van der Waals surface area (Å²) < 4.78 is 5.78. The summed E-state index contributed by atoms with van der Waals surface area (Å²) in [5, 5.41) is 0.703. The number of benzene rings is 1. The highest BCUT2D eigenvalue weighted by Gasteiger charge is 2.36. The molecule has 0 spiro atoms. The lowest BCUT2D eigenvalue weighted by Gasteiger charge is -2.48. The van der Waals surface area contributed by atoms with E-state index in [9.17, 15) is 4.79 Å². The Bertz CT molecular complexity index is 576. The highest BCUT2D eigenvalue weighted by atomic mass is 35.5. The highest BCUT2D eigenvalue weighted by molar-refractivity contribution is 6.31. The molecule has 2 atom stereocenters. The molecule has 0 aromatic heterocycles. The Morgan fingerprint density at radius 1 is 1.35 bits per heavy atom. The van der Waals surface area contributed by atoms with E-state index >= 15 is 0 Å². The lowest BCUT2D eigenvalue weighted by Crippen LogP contribution is -2.62. The van der Waals surface area contributed by atoms with Gasteiger partial charge in [-0.05, 0) is 37.1 Å². The molecule has 1 aromatic rings. The van der Waals surface area contributed by atoms with Gasteiger partial charge in [-0.3, -0.25) is 9.69 Å². The molecule has 2 heterocycles. The molecule has 1 aromatic carbocycles. The second kappa shape index (κ2) is 7.20. The number of halogens is 1. The Labute approximate surface area is 143 Å². The smallest absolute Gasteiger partial charge is 0.253 e. The zero-order valence-electron chi connectivity index (χ0n) is 13.9. The number of amides is 1. The van der Waals surface area contributed by atoms with Crippen molar-refractivity contribution in [3.05, 3.63) is 34.3 Å². The van der Waals surface area contributed by atoms with Crippen molar-refractivity contribution in [1.29, 1.82) is 0 Å². The standard InChI is InChI=1S/C18H25ClN2O2/c1-3-4-15-11-23-12-16-10-20(7-8-21(15)16)18(22)14-5-6-17(19)13(2)9-14/h5-6,9,15-16H,3-4,7-8,10-12H2,1-2H3/t15-,16+/m0/s1. The number of rotatable bonds is 3. The van der Waals surface area contributed by atoms with Gasteiger partial charge in [-0.2, -0.15) is 0 Å². The normalized spacial score (nSPS) is 25.3. The maximum absolute atomic E-state index is 12.8. The molecule has 2 aliphatic heterocycles. The first kappa shape index (κ1) is 16.7. The summed E-state index contributed by atoms with van der Waals surface area (Å²) in [5.41, 5.74) is 1.67. The third-order valence-electron chi connectivity index (χ3n) is 4.93.